The molecular weight excluding hydrogens is 493 g/mol. The lowest BCUT2D eigenvalue weighted by Crippen LogP contribution is -2.56. The van der Waals surface area contributed by atoms with Gasteiger partial charge in [-0.05, 0) is 62.1 Å². The van der Waals surface area contributed by atoms with E-state index in [1.165, 1.54) is 19.9 Å². The molecule has 6 nitrogen and oxygen atoms in total. The number of hydrogen-bond acceptors (Lipinski definition) is 6. The number of ether oxygens (including phenoxy) is 1. The second kappa shape index (κ2) is 10.4. The number of nitriles is 1. The quantitative estimate of drug-likeness (QED) is 0.517. The SMILES string of the molecule is CC(C)(F)[C@H](C1=CC(F)=CC(F)C1)C1CN(C(c2cccc(C3=NNC(O)O3)c2)C2C=CC(C#N)=CC2)C1. The summed E-state index contributed by atoms with van der Waals surface area (Å²) in [6, 6.07) is 9.79. The van der Waals surface area contributed by atoms with Crippen LogP contribution in [0.25, 0.3) is 0 Å². The summed E-state index contributed by atoms with van der Waals surface area (Å²) in [7, 11) is 0. The Morgan fingerprint density at radius 2 is 2.11 bits per heavy atom. The zero-order chi connectivity index (χ0) is 27.0. The van der Waals surface area contributed by atoms with E-state index in [0.29, 0.717) is 36.2 Å². The van der Waals surface area contributed by atoms with Crippen LogP contribution in [0.5, 0.6) is 0 Å². The molecule has 1 aromatic carbocycles. The number of alkyl halides is 2. The van der Waals surface area contributed by atoms with E-state index >= 15 is 4.39 Å². The molecule has 0 spiro atoms. The third-order valence-electron chi connectivity index (χ3n) is 7.68. The summed E-state index contributed by atoms with van der Waals surface area (Å²) in [5, 5.41) is 22.9. The highest BCUT2D eigenvalue weighted by Crippen LogP contribution is 2.47. The molecule has 1 aromatic rings. The zero-order valence-electron chi connectivity index (χ0n) is 21.3. The molecule has 5 atom stereocenters. The predicted molar refractivity (Wildman–Crippen MR) is 137 cm³/mol. The Kier molecular flexibility index (Phi) is 7.21. The van der Waals surface area contributed by atoms with Crippen LogP contribution in [0, 0.1) is 29.1 Å². The number of nitrogens with one attached hydrogen (secondary N) is 1. The van der Waals surface area contributed by atoms with Gasteiger partial charge in [-0.1, -0.05) is 29.9 Å². The number of rotatable bonds is 7. The molecule has 4 unspecified atom stereocenters. The number of halogens is 3. The molecule has 4 aliphatic rings. The van der Waals surface area contributed by atoms with Crippen LogP contribution in [0.1, 0.15) is 43.9 Å². The van der Waals surface area contributed by atoms with Crippen LogP contribution in [-0.4, -0.2) is 47.2 Å². The van der Waals surface area contributed by atoms with Gasteiger partial charge in [-0.3, -0.25) is 4.90 Å². The normalized spacial score (nSPS) is 27.6. The molecule has 38 heavy (non-hydrogen) atoms. The average Bonchev–Trinajstić information content (AvgIpc) is 3.28. The first-order valence-corrected chi connectivity index (χ1v) is 12.8. The molecule has 9 heteroatoms. The monoisotopic (exact) mass is 524 g/mol. The van der Waals surface area contributed by atoms with Crippen LogP contribution in [0.4, 0.5) is 13.2 Å². The van der Waals surface area contributed by atoms with E-state index in [2.05, 4.69) is 21.5 Å². The van der Waals surface area contributed by atoms with Crippen molar-refractivity contribution in [1.29, 1.82) is 5.26 Å². The van der Waals surface area contributed by atoms with Crippen molar-refractivity contribution in [2.75, 3.05) is 13.1 Å². The maximum Gasteiger partial charge on any atom is 0.295 e. The fourth-order valence-electron chi connectivity index (χ4n) is 6.19. The second-order valence-electron chi connectivity index (χ2n) is 10.9. The summed E-state index contributed by atoms with van der Waals surface area (Å²) in [6.07, 6.45) is 6.03. The van der Waals surface area contributed by atoms with Crippen LogP contribution < -0.4 is 5.43 Å². The number of benzene rings is 1. The second-order valence-corrected chi connectivity index (χ2v) is 10.9. The molecule has 2 aliphatic carbocycles. The Balaban J connectivity index is 1.41. The smallest absolute Gasteiger partial charge is 0.295 e. The van der Waals surface area contributed by atoms with Crippen molar-refractivity contribution in [2.45, 2.75) is 51.0 Å². The lowest BCUT2D eigenvalue weighted by Gasteiger charge is -2.52. The fraction of sp³-hybridized carbons (Fsp3) is 0.448. The van der Waals surface area contributed by atoms with Crippen molar-refractivity contribution in [1.82, 2.24) is 10.3 Å². The van der Waals surface area contributed by atoms with Crippen LogP contribution >= 0.6 is 0 Å². The topological polar surface area (TPSA) is 80.9 Å². The molecular formula is C29H31F3N4O2. The standard InChI is InChI=1S/C29H31F3N4O2/c1-29(2,32)25(21-11-23(30)13-24(31)12-21)22-15-36(16-22)26(18-8-6-17(14-33)7-9-18)19-4-3-5-20(10-19)27-34-35-28(37)38-27/h3-8,10-11,13,18,22,24-26,28,35,37H,9,12,15-16H2,1-2H3/t18?,24?,25-,26?,28?/m1/s1. The van der Waals surface area contributed by atoms with E-state index in [0.717, 1.165) is 11.6 Å². The van der Waals surface area contributed by atoms with E-state index in [1.807, 2.05) is 42.5 Å². The molecule has 0 bridgehead atoms. The maximum absolute atomic E-state index is 15.5. The summed E-state index contributed by atoms with van der Waals surface area (Å²) in [5.74, 6) is -1.03. The molecule has 0 aromatic heterocycles. The first kappa shape index (κ1) is 26.3. The number of likely N-dealkylation sites (tertiary alicyclic amines) is 1. The van der Waals surface area contributed by atoms with E-state index in [1.54, 1.807) is 0 Å². The third kappa shape index (κ3) is 5.42. The highest BCUT2D eigenvalue weighted by molar-refractivity contribution is 5.94. The van der Waals surface area contributed by atoms with Crippen molar-refractivity contribution >= 4 is 5.90 Å². The summed E-state index contributed by atoms with van der Waals surface area (Å²) in [6.45, 7) is 4.08. The van der Waals surface area contributed by atoms with E-state index in [4.69, 9.17) is 4.74 Å². The summed E-state index contributed by atoms with van der Waals surface area (Å²) >= 11 is 0. The third-order valence-corrected chi connectivity index (χ3v) is 7.68. The van der Waals surface area contributed by atoms with E-state index in [9.17, 15) is 19.1 Å². The summed E-state index contributed by atoms with van der Waals surface area (Å²) < 4.78 is 49.1. The Hall–Kier alpha value is -3.35. The maximum atomic E-state index is 15.5. The number of hydrogen-bond donors (Lipinski definition) is 2. The first-order valence-electron chi connectivity index (χ1n) is 12.8. The minimum atomic E-state index is -1.64. The molecule has 2 N–H and O–H groups in total. The fourth-order valence-corrected chi connectivity index (χ4v) is 6.19. The van der Waals surface area contributed by atoms with Gasteiger partial charge in [0.1, 0.15) is 17.7 Å². The lowest BCUT2D eigenvalue weighted by atomic mass is 9.69. The van der Waals surface area contributed by atoms with Crippen molar-refractivity contribution < 1.29 is 23.0 Å². The summed E-state index contributed by atoms with van der Waals surface area (Å²) in [4.78, 5) is 2.26. The Morgan fingerprint density at radius 3 is 2.71 bits per heavy atom. The van der Waals surface area contributed by atoms with E-state index < -0.39 is 30.0 Å². The van der Waals surface area contributed by atoms with Crippen LogP contribution in [0.15, 0.2) is 76.7 Å². The van der Waals surface area contributed by atoms with E-state index in [-0.39, 0.29) is 30.2 Å². The minimum absolute atomic E-state index is 0.00248. The highest BCUT2D eigenvalue weighted by atomic mass is 19.1. The van der Waals surface area contributed by atoms with Gasteiger partial charge >= 0.3 is 0 Å². The molecule has 200 valence electrons. The predicted octanol–water partition coefficient (Wildman–Crippen LogP) is 5.13. The van der Waals surface area contributed by atoms with Gasteiger partial charge in [-0.2, -0.15) is 5.26 Å². The number of aliphatic hydroxyl groups excluding tert-OH is 1. The van der Waals surface area contributed by atoms with Crippen molar-refractivity contribution in [2.24, 2.45) is 22.9 Å². The number of nitrogens with zero attached hydrogens (tertiary/aromatic N) is 3. The highest BCUT2D eigenvalue weighted by Gasteiger charge is 2.47. The van der Waals surface area contributed by atoms with Gasteiger partial charge in [0.2, 0.25) is 5.90 Å². The van der Waals surface area contributed by atoms with Gasteiger partial charge in [0.25, 0.3) is 6.41 Å². The first-order chi connectivity index (χ1) is 18.1. The Morgan fingerprint density at radius 1 is 1.32 bits per heavy atom. The summed E-state index contributed by atoms with van der Waals surface area (Å²) in [5.41, 5.74) is 3.61. The molecule has 0 saturated carbocycles. The van der Waals surface area contributed by atoms with Gasteiger partial charge < -0.3 is 9.84 Å². The van der Waals surface area contributed by atoms with Gasteiger partial charge in [0, 0.05) is 48.5 Å². The molecule has 0 radical (unpaired) electrons. The van der Waals surface area contributed by atoms with Crippen molar-refractivity contribution in [3.63, 3.8) is 0 Å². The van der Waals surface area contributed by atoms with Crippen molar-refractivity contribution in [3.8, 4) is 6.07 Å². The number of allylic oxidation sites excluding steroid dienone is 7. The number of hydrazone groups is 1. The van der Waals surface area contributed by atoms with Gasteiger partial charge in [-0.25, -0.2) is 18.6 Å². The molecule has 1 saturated heterocycles. The molecule has 2 heterocycles. The average molecular weight is 525 g/mol. The lowest BCUT2D eigenvalue weighted by molar-refractivity contribution is -0.0332. The molecule has 0 amide bonds. The largest absolute Gasteiger partial charge is 0.426 e. The van der Waals surface area contributed by atoms with Crippen LogP contribution in [-0.2, 0) is 4.74 Å². The van der Waals surface area contributed by atoms with Gasteiger partial charge in [0.15, 0.2) is 0 Å². The van der Waals surface area contributed by atoms with Crippen LogP contribution in [0.2, 0.25) is 0 Å². The molecule has 2 aliphatic heterocycles. The van der Waals surface area contributed by atoms with Gasteiger partial charge in [-0.15, -0.1) is 5.10 Å². The van der Waals surface area contributed by atoms with Crippen molar-refractivity contribution in [3.05, 3.63) is 82.7 Å². The molecule has 5 rings (SSSR count). The Bertz CT molecular complexity index is 1270. The van der Waals surface area contributed by atoms with Crippen LogP contribution in [0.3, 0.4) is 0 Å². The minimum Gasteiger partial charge on any atom is -0.426 e. The zero-order valence-corrected chi connectivity index (χ0v) is 21.3. The van der Waals surface area contributed by atoms with Gasteiger partial charge in [0.05, 0.1) is 6.07 Å². The Labute approximate surface area is 220 Å². The molecule has 1 fully saturated rings. The number of aliphatic hydroxyl groups is 1.